The van der Waals surface area contributed by atoms with E-state index in [0.29, 0.717) is 11.5 Å². The van der Waals surface area contributed by atoms with Crippen LogP contribution in [0.1, 0.15) is 12.8 Å². The molecule has 18 heavy (non-hydrogen) atoms. The standard InChI is InChI=1S/C10H18O4S4/c11-9(12)1-3-15-5-7-17-18-8-6-16-4-2-10(13)14/h1-8H2,(H,11,12)(H,13,14). The fourth-order valence-corrected chi connectivity index (χ4v) is 5.53. The van der Waals surface area contributed by atoms with Gasteiger partial charge in [-0.25, -0.2) is 0 Å². The topological polar surface area (TPSA) is 74.6 Å². The summed E-state index contributed by atoms with van der Waals surface area (Å²) in [4.78, 5) is 20.5. The van der Waals surface area contributed by atoms with Gasteiger partial charge in [-0.1, -0.05) is 21.6 Å². The van der Waals surface area contributed by atoms with E-state index in [4.69, 9.17) is 10.2 Å². The van der Waals surface area contributed by atoms with Gasteiger partial charge in [0, 0.05) is 34.5 Å². The summed E-state index contributed by atoms with van der Waals surface area (Å²) in [7, 11) is 3.59. The van der Waals surface area contributed by atoms with Crippen LogP contribution in [0, 0.1) is 0 Å². The maximum Gasteiger partial charge on any atom is 0.304 e. The van der Waals surface area contributed by atoms with Gasteiger partial charge in [0.1, 0.15) is 0 Å². The van der Waals surface area contributed by atoms with Gasteiger partial charge in [-0.15, -0.1) is 0 Å². The molecular formula is C10H18O4S4. The van der Waals surface area contributed by atoms with Crippen LogP contribution in [-0.2, 0) is 9.59 Å². The molecule has 0 aromatic carbocycles. The van der Waals surface area contributed by atoms with Crippen LogP contribution in [0.4, 0.5) is 0 Å². The summed E-state index contributed by atoms with van der Waals surface area (Å²) in [6, 6.07) is 0. The van der Waals surface area contributed by atoms with Crippen LogP contribution in [0.15, 0.2) is 0 Å². The zero-order valence-electron chi connectivity index (χ0n) is 10.0. The van der Waals surface area contributed by atoms with Crippen molar-refractivity contribution in [2.75, 3.05) is 34.5 Å². The fraction of sp³-hybridized carbons (Fsp3) is 0.800. The third-order valence-electron chi connectivity index (χ3n) is 1.63. The number of carboxylic acids is 2. The molecule has 0 unspecified atom stereocenters. The van der Waals surface area contributed by atoms with Crippen LogP contribution in [0.5, 0.6) is 0 Å². The number of carbonyl (C=O) groups is 2. The molecule has 0 radical (unpaired) electrons. The van der Waals surface area contributed by atoms with Crippen molar-refractivity contribution >= 4 is 57.1 Å². The molecule has 0 saturated heterocycles. The first-order valence-electron chi connectivity index (χ1n) is 5.46. The lowest BCUT2D eigenvalue weighted by atomic mass is 10.5. The predicted octanol–water partition coefficient (Wildman–Crippen LogP) is 2.78. The summed E-state index contributed by atoms with van der Waals surface area (Å²) in [5.41, 5.74) is 0. The molecule has 0 aromatic heterocycles. The molecule has 2 N–H and O–H groups in total. The summed E-state index contributed by atoms with van der Waals surface area (Å²) in [5.74, 6) is 3.92. The third kappa shape index (κ3) is 16.3. The van der Waals surface area contributed by atoms with E-state index in [1.165, 1.54) is 0 Å². The lowest BCUT2D eigenvalue weighted by molar-refractivity contribution is -0.137. The molecule has 0 aliphatic carbocycles. The average Bonchev–Trinajstić information content (AvgIpc) is 2.29. The molecule has 0 amide bonds. The zero-order chi connectivity index (χ0) is 13.6. The molecule has 0 rings (SSSR count). The Morgan fingerprint density at radius 3 is 1.39 bits per heavy atom. The van der Waals surface area contributed by atoms with Crippen molar-refractivity contribution in [1.82, 2.24) is 0 Å². The van der Waals surface area contributed by atoms with Crippen LogP contribution in [0.3, 0.4) is 0 Å². The Hall–Kier alpha value is 0.340. The van der Waals surface area contributed by atoms with Gasteiger partial charge in [0.05, 0.1) is 12.8 Å². The quantitative estimate of drug-likeness (QED) is 0.394. The molecule has 8 heteroatoms. The number of hydrogen-bond acceptors (Lipinski definition) is 6. The van der Waals surface area contributed by atoms with Gasteiger partial charge >= 0.3 is 11.9 Å². The van der Waals surface area contributed by atoms with Crippen LogP contribution in [-0.4, -0.2) is 56.7 Å². The molecule has 0 heterocycles. The van der Waals surface area contributed by atoms with Gasteiger partial charge < -0.3 is 10.2 Å². The second kappa shape index (κ2) is 13.8. The van der Waals surface area contributed by atoms with Crippen molar-refractivity contribution in [3.63, 3.8) is 0 Å². The Kier molecular flexibility index (Phi) is 14.0. The first-order chi connectivity index (χ1) is 8.63. The normalized spacial score (nSPS) is 10.4. The zero-order valence-corrected chi connectivity index (χ0v) is 13.3. The smallest absolute Gasteiger partial charge is 0.304 e. The number of thioether (sulfide) groups is 2. The van der Waals surface area contributed by atoms with E-state index in [1.807, 2.05) is 0 Å². The Labute approximate surface area is 124 Å². The first kappa shape index (κ1) is 18.3. The molecular weight excluding hydrogens is 312 g/mol. The van der Waals surface area contributed by atoms with E-state index in [0.717, 1.165) is 23.0 Å². The minimum absolute atomic E-state index is 0.239. The largest absolute Gasteiger partial charge is 0.481 e. The Bertz CT molecular complexity index is 214. The monoisotopic (exact) mass is 330 g/mol. The third-order valence-corrected chi connectivity index (χ3v) is 6.52. The van der Waals surface area contributed by atoms with E-state index in [9.17, 15) is 9.59 Å². The van der Waals surface area contributed by atoms with Gasteiger partial charge in [-0.2, -0.15) is 23.5 Å². The Morgan fingerprint density at radius 1 is 0.667 bits per heavy atom. The molecule has 0 bridgehead atoms. The van der Waals surface area contributed by atoms with Crippen molar-refractivity contribution in [3.8, 4) is 0 Å². The second-order valence-corrected chi connectivity index (χ2v) is 8.31. The van der Waals surface area contributed by atoms with E-state index < -0.39 is 11.9 Å². The number of rotatable bonds is 13. The van der Waals surface area contributed by atoms with Gasteiger partial charge in [0.15, 0.2) is 0 Å². The highest BCUT2D eigenvalue weighted by Gasteiger charge is 1.98. The van der Waals surface area contributed by atoms with Gasteiger partial charge in [0.2, 0.25) is 0 Å². The van der Waals surface area contributed by atoms with Gasteiger partial charge in [-0.3, -0.25) is 9.59 Å². The highest BCUT2D eigenvalue weighted by molar-refractivity contribution is 8.76. The molecule has 0 saturated carbocycles. The Balaban J connectivity index is 2.99. The minimum Gasteiger partial charge on any atom is -0.481 e. The highest BCUT2D eigenvalue weighted by Crippen LogP contribution is 2.23. The number of aliphatic carboxylic acids is 2. The van der Waals surface area contributed by atoms with Crippen molar-refractivity contribution in [1.29, 1.82) is 0 Å². The molecule has 4 nitrogen and oxygen atoms in total. The molecule has 0 aliphatic heterocycles. The van der Waals surface area contributed by atoms with Crippen LogP contribution < -0.4 is 0 Å². The van der Waals surface area contributed by atoms with Crippen molar-refractivity contribution in [2.45, 2.75) is 12.8 Å². The van der Waals surface area contributed by atoms with Crippen LogP contribution in [0.25, 0.3) is 0 Å². The lowest BCUT2D eigenvalue weighted by Crippen LogP contribution is -1.97. The predicted molar refractivity (Wildman–Crippen MR) is 84.1 cm³/mol. The SMILES string of the molecule is O=C(O)CCSCCSSCCSCCC(=O)O. The number of carboxylic acid groups (broad SMARTS) is 2. The first-order valence-corrected chi connectivity index (χ1v) is 10.3. The maximum absolute atomic E-state index is 10.2. The molecule has 0 aromatic rings. The second-order valence-electron chi connectivity index (χ2n) is 3.16. The average molecular weight is 331 g/mol. The number of hydrogen-bond donors (Lipinski definition) is 2. The van der Waals surface area contributed by atoms with Crippen LogP contribution in [0.2, 0.25) is 0 Å². The van der Waals surface area contributed by atoms with E-state index in [1.54, 1.807) is 45.1 Å². The lowest BCUT2D eigenvalue weighted by Gasteiger charge is -2.01. The maximum atomic E-state index is 10.2. The summed E-state index contributed by atoms with van der Waals surface area (Å²) in [5, 5.41) is 16.9. The molecule has 0 atom stereocenters. The molecule has 0 fully saturated rings. The van der Waals surface area contributed by atoms with Crippen LogP contribution >= 0.6 is 45.1 Å². The summed E-state index contributed by atoms with van der Waals surface area (Å²) in [6.45, 7) is 0. The van der Waals surface area contributed by atoms with Gasteiger partial charge in [0.25, 0.3) is 0 Å². The van der Waals surface area contributed by atoms with Gasteiger partial charge in [-0.05, 0) is 0 Å². The van der Waals surface area contributed by atoms with E-state index in [-0.39, 0.29) is 12.8 Å². The highest BCUT2D eigenvalue weighted by atomic mass is 33.1. The summed E-state index contributed by atoms with van der Waals surface area (Å²) < 4.78 is 0. The van der Waals surface area contributed by atoms with Crippen molar-refractivity contribution < 1.29 is 19.8 Å². The minimum atomic E-state index is -0.733. The van der Waals surface area contributed by atoms with E-state index in [2.05, 4.69) is 0 Å². The summed E-state index contributed by atoms with van der Waals surface area (Å²) in [6.07, 6.45) is 0.478. The molecule has 0 aliphatic rings. The van der Waals surface area contributed by atoms with Crippen molar-refractivity contribution in [3.05, 3.63) is 0 Å². The Morgan fingerprint density at radius 2 is 1.06 bits per heavy atom. The fourth-order valence-electron chi connectivity index (χ4n) is 0.827. The molecule has 106 valence electrons. The summed E-state index contributed by atoms with van der Waals surface area (Å²) >= 11 is 3.34. The van der Waals surface area contributed by atoms with E-state index >= 15 is 0 Å². The van der Waals surface area contributed by atoms with Crippen molar-refractivity contribution in [2.24, 2.45) is 0 Å². The molecule has 0 spiro atoms.